The highest BCUT2D eigenvalue weighted by molar-refractivity contribution is 4.88. The first-order valence-corrected chi connectivity index (χ1v) is 4.31. The molecule has 0 aromatic heterocycles. The van der Waals surface area contributed by atoms with Crippen LogP contribution in [0.4, 0.5) is 0 Å². The SMILES string of the molecule is C=CCC=CC[N+](C)(C)CC=C. The van der Waals surface area contributed by atoms with Crippen molar-refractivity contribution >= 4 is 0 Å². The molecule has 0 aromatic carbocycles. The molecule has 0 bridgehead atoms. The number of nitrogens with zero attached hydrogens (tertiary/aromatic N) is 1. The third-order valence-corrected chi connectivity index (χ3v) is 1.69. The van der Waals surface area contributed by atoms with E-state index in [4.69, 9.17) is 0 Å². The average Bonchev–Trinajstić information content (AvgIpc) is 1.98. The minimum absolute atomic E-state index is 0.966. The molecule has 0 N–H and O–H groups in total. The molecule has 0 heterocycles. The number of allylic oxidation sites excluding steroid dienone is 2. The second-order valence-electron chi connectivity index (χ2n) is 3.59. The molecule has 0 aliphatic rings. The first kappa shape index (κ1) is 11.2. The number of likely N-dealkylation sites (N-methyl/N-ethyl adjacent to an activating group) is 1. The minimum Gasteiger partial charge on any atom is -0.322 e. The van der Waals surface area contributed by atoms with Gasteiger partial charge in [-0.3, -0.25) is 0 Å². The quantitative estimate of drug-likeness (QED) is 0.420. The Morgan fingerprint density at radius 1 is 1.00 bits per heavy atom. The number of hydrogen-bond acceptors (Lipinski definition) is 0. The van der Waals surface area contributed by atoms with E-state index < -0.39 is 0 Å². The molecule has 0 atom stereocenters. The van der Waals surface area contributed by atoms with Crippen LogP contribution >= 0.6 is 0 Å². The van der Waals surface area contributed by atoms with Gasteiger partial charge in [0.1, 0.15) is 0 Å². The molecule has 1 heteroatoms. The van der Waals surface area contributed by atoms with Crippen molar-refractivity contribution in [2.75, 3.05) is 27.2 Å². The first-order valence-electron chi connectivity index (χ1n) is 4.31. The van der Waals surface area contributed by atoms with Crippen LogP contribution in [0.2, 0.25) is 0 Å². The maximum absolute atomic E-state index is 3.73. The molecular formula is C11H20N+. The van der Waals surface area contributed by atoms with E-state index in [1.807, 2.05) is 12.2 Å². The molecule has 0 aliphatic carbocycles. The van der Waals surface area contributed by atoms with Gasteiger partial charge in [-0.2, -0.15) is 0 Å². The Kier molecular flexibility index (Phi) is 5.39. The highest BCUT2D eigenvalue weighted by atomic mass is 15.3. The van der Waals surface area contributed by atoms with Crippen molar-refractivity contribution in [1.82, 2.24) is 0 Å². The van der Waals surface area contributed by atoms with E-state index in [0.29, 0.717) is 0 Å². The normalized spacial score (nSPS) is 11.8. The van der Waals surface area contributed by atoms with Crippen molar-refractivity contribution in [2.45, 2.75) is 6.42 Å². The topological polar surface area (TPSA) is 0 Å². The minimum atomic E-state index is 0.966. The van der Waals surface area contributed by atoms with Crippen molar-refractivity contribution in [1.29, 1.82) is 0 Å². The zero-order valence-electron chi connectivity index (χ0n) is 8.29. The van der Waals surface area contributed by atoms with Crippen molar-refractivity contribution < 1.29 is 4.48 Å². The van der Waals surface area contributed by atoms with Gasteiger partial charge in [-0.25, -0.2) is 0 Å². The van der Waals surface area contributed by atoms with Crippen LogP contribution < -0.4 is 0 Å². The second kappa shape index (κ2) is 5.78. The molecule has 0 spiro atoms. The Morgan fingerprint density at radius 3 is 2.17 bits per heavy atom. The zero-order valence-corrected chi connectivity index (χ0v) is 8.29. The van der Waals surface area contributed by atoms with E-state index in [9.17, 15) is 0 Å². The van der Waals surface area contributed by atoms with E-state index in [-0.39, 0.29) is 0 Å². The first-order chi connectivity index (χ1) is 5.62. The lowest BCUT2D eigenvalue weighted by Gasteiger charge is -2.26. The Bertz CT molecular complexity index is 166. The van der Waals surface area contributed by atoms with Gasteiger partial charge in [0.2, 0.25) is 0 Å². The summed E-state index contributed by atoms with van der Waals surface area (Å²) in [6.45, 7) is 9.46. The summed E-state index contributed by atoms with van der Waals surface area (Å²) in [5, 5.41) is 0. The monoisotopic (exact) mass is 166 g/mol. The van der Waals surface area contributed by atoms with E-state index in [2.05, 4.69) is 39.4 Å². The smallest absolute Gasteiger partial charge is 0.0972 e. The van der Waals surface area contributed by atoms with Crippen LogP contribution in [0.25, 0.3) is 0 Å². The Morgan fingerprint density at radius 2 is 1.67 bits per heavy atom. The molecular weight excluding hydrogens is 146 g/mol. The zero-order chi connectivity index (χ0) is 9.45. The third-order valence-electron chi connectivity index (χ3n) is 1.69. The van der Waals surface area contributed by atoms with Gasteiger partial charge >= 0.3 is 0 Å². The third kappa shape index (κ3) is 5.93. The van der Waals surface area contributed by atoms with Gasteiger partial charge in [0.15, 0.2) is 0 Å². The molecule has 1 nitrogen and oxygen atoms in total. The summed E-state index contributed by atoms with van der Waals surface area (Å²) in [5.74, 6) is 0. The lowest BCUT2D eigenvalue weighted by atomic mass is 10.3. The fraction of sp³-hybridized carbons (Fsp3) is 0.455. The van der Waals surface area contributed by atoms with Crippen LogP contribution in [0.5, 0.6) is 0 Å². The van der Waals surface area contributed by atoms with Gasteiger partial charge in [-0.1, -0.05) is 18.7 Å². The molecule has 0 rings (SSSR count). The predicted molar refractivity (Wildman–Crippen MR) is 56.0 cm³/mol. The van der Waals surface area contributed by atoms with Gasteiger partial charge in [0.25, 0.3) is 0 Å². The van der Waals surface area contributed by atoms with E-state index in [1.54, 1.807) is 0 Å². The van der Waals surface area contributed by atoms with Crippen molar-refractivity contribution in [3.05, 3.63) is 37.5 Å². The molecule has 0 amide bonds. The van der Waals surface area contributed by atoms with Gasteiger partial charge < -0.3 is 4.48 Å². The lowest BCUT2D eigenvalue weighted by molar-refractivity contribution is -0.878. The molecule has 0 saturated carbocycles. The molecule has 0 aliphatic heterocycles. The van der Waals surface area contributed by atoms with Crippen molar-refractivity contribution in [3.8, 4) is 0 Å². The Balaban J connectivity index is 3.73. The van der Waals surface area contributed by atoms with Gasteiger partial charge in [-0.15, -0.1) is 6.58 Å². The molecule has 68 valence electrons. The number of quaternary nitrogens is 1. The Hall–Kier alpha value is -0.820. The van der Waals surface area contributed by atoms with Crippen molar-refractivity contribution in [2.24, 2.45) is 0 Å². The highest BCUT2D eigenvalue weighted by Crippen LogP contribution is 1.97. The van der Waals surface area contributed by atoms with Crippen LogP contribution in [0.1, 0.15) is 6.42 Å². The average molecular weight is 166 g/mol. The molecule has 12 heavy (non-hydrogen) atoms. The standard InChI is InChI=1S/C11H20N/c1-5-7-8-9-11-12(3,4)10-6-2/h5-6,8-9H,1-2,7,10-11H2,3-4H3/q+1. The van der Waals surface area contributed by atoms with Crippen molar-refractivity contribution in [3.63, 3.8) is 0 Å². The summed E-state index contributed by atoms with van der Waals surface area (Å²) < 4.78 is 0.969. The van der Waals surface area contributed by atoms with Crippen LogP contribution in [-0.2, 0) is 0 Å². The maximum Gasteiger partial charge on any atom is 0.0972 e. The molecule has 0 aromatic rings. The van der Waals surface area contributed by atoms with E-state index >= 15 is 0 Å². The second-order valence-corrected chi connectivity index (χ2v) is 3.59. The van der Waals surface area contributed by atoms with Crippen LogP contribution in [0.3, 0.4) is 0 Å². The highest BCUT2D eigenvalue weighted by Gasteiger charge is 2.08. The summed E-state index contributed by atoms with van der Waals surface area (Å²) in [6, 6.07) is 0. The van der Waals surface area contributed by atoms with Crippen LogP contribution in [0.15, 0.2) is 37.5 Å². The lowest BCUT2D eigenvalue weighted by Crippen LogP contribution is -2.39. The molecule has 0 unspecified atom stereocenters. The van der Waals surface area contributed by atoms with Gasteiger partial charge in [0.05, 0.1) is 27.2 Å². The summed E-state index contributed by atoms with van der Waals surface area (Å²) in [6.07, 6.45) is 9.18. The molecule has 0 radical (unpaired) electrons. The molecule has 0 fully saturated rings. The fourth-order valence-corrected chi connectivity index (χ4v) is 0.976. The summed E-state index contributed by atoms with van der Waals surface area (Å²) >= 11 is 0. The maximum atomic E-state index is 3.73. The van der Waals surface area contributed by atoms with Gasteiger partial charge in [-0.05, 0) is 18.6 Å². The summed E-state index contributed by atoms with van der Waals surface area (Å²) in [4.78, 5) is 0. The predicted octanol–water partition coefficient (Wildman–Crippen LogP) is 2.38. The molecule has 0 saturated heterocycles. The van der Waals surface area contributed by atoms with Crippen LogP contribution in [0, 0.1) is 0 Å². The largest absolute Gasteiger partial charge is 0.322 e. The number of rotatable bonds is 6. The summed E-state index contributed by atoms with van der Waals surface area (Å²) in [5.41, 5.74) is 0. The van der Waals surface area contributed by atoms with Gasteiger partial charge in [0, 0.05) is 0 Å². The van der Waals surface area contributed by atoms with E-state index in [0.717, 1.165) is 24.0 Å². The summed E-state index contributed by atoms with van der Waals surface area (Å²) in [7, 11) is 4.39. The van der Waals surface area contributed by atoms with Crippen LogP contribution in [-0.4, -0.2) is 31.7 Å². The number of hydrogen-bond donors (Lipinski definition) is 0. The Labute approximate surface area is 76.3 Å². The fourth-order valence-electron chi connectivity index (χ4n) is 0.976. The van der Waals surface area contributed by atoms with E-state index in [1.165, 1.54) is 0 Å².